The first-order valence-corrected chi connectivity index (χ1v) is 5.68. The van der Waals surface area contributed by atoms with E-state index in [1.54, 1.807) is 0 Å². The van der Waals surface area contributed by atoms with E-state index >= 15 is 0 Å². The van der Waals surface area contributed by atoms with Gasteiger partial charge in [0.2, 0.25) is 5.91 Å². The highest BCUT2D eigenvalue weighted by atomic mass is 16.2. The zero-order valence-corrected chi connectivity index (χ0v) is 10.0. The predicted molar refractivity (Wildman–Crippen MR) is 61.0 cm³/mol. The summed E-state index contributed by atoms with van der Waals surface area (Å²) in [7, 11) is 0. The molecule has 1 amide bonds. The molecule has 15 heavy (non-hydrogen) atoms. The fourth-order valence-electron chi connectivity index (χ4n) is 2.13. The molecule has 4 heteroatoms. The van der Waals surface area contributed by atoms with Gasteiger partial charge in [-0.05, 0) is 31.7 Å². The van der Waals surface area contributed by atoms with Crippen molar-refractivity contribution in [1.29, 1.82) is 0 Å². The van der Waals surface area contributed by atoms with E-state index in [-0.39, 0.29) is 5.91 Å². The SMILES string of the molecule is CC(CCC(=O)NN)N1CCC(C)(C)C1. The molecule has 0 aromatic rings. The number of likely N-dealkylation sites (tertiary alicyclic amines) is 1. The normalized spacial score (nSPS) is 22.7. The van der Waals surface area contributed by atoms with Crippen molar-refractivity contribution in [3.8, 4) is 0 Å². The molecule has 88 valence electrons. The van der Waals surface area contributed by atoms with Gasteiger partial charge in [0.1, 0.15) is 0 Å². The van der Waals surface area contributed by atoms with Gasteiger partial charge >= 0.3 is 0 Å². The number of carbonyl (C=O) groups excluding carboxylic acids is 1. The second kappa shape index (κ2) is 4.94. The monoisotopic (exact) mass is 213 g/mol. The second-order valence-electron chi connectivity index (χ2n) is 5.34. The van der Waals surface area contributed by atoms with E-state index < -0.39 is 0 Å². The van der Waals surface area contributed by atoms with Crippen LogP contribution in [0.25, 0.3) is 0 Å². The number of nitrogens with two attached hydrogens (primary N) is 1. The Labute approximate surface area is 92.2 Å². The molecule has 0 spiro atoms. The van der Waals surface area contributed by atoms with Crippen LogP contribution in [0.2, 0.25) is 0 Å². The van der Waals surface area contributed by atoms with Crippen LogP contribution in [0.3, 0.4) is 0 Å². The smallest absolute Gasteiger partial charge is 0.233 e. The first kappa shape index (κ1) is 12.5. The Hall–Kier alpha value is -0.610. The Morgan fingerprint density at radius 1 is 1.60 bits per heavy atom. The van der Waals surface area contributed by atoms with E-state index in [9.17, 15) is 4.79 Å². The van der Waals surface area contributed by atoms with Crippen molar-refractivity contribution < 1.29 is 4.79 Å². The maximum atomic E-state index is 11.0. The van der Waals surface area contributed by atoms with Crippen LogP contribution >= 0.6 is 0 Å². The quantitative estimate of drug-likeness (QED) is 0.414. The van der Waals surface area contributed by atoms with Crippen molar-refractivity contribution in [2.75, 3.05) is 13.1 Å². The first-order valence-electron chi connectivity index (χ1n) is 5.68. The average Bonchev–Trinajstić information content (AvgIpc) is 2.54. The number of rotatable bonds is 4. The lowest BCUT2D eigenvalue weighted by Crippen LogP contribution is -2.35. The fraction of sp³-hybridized carbons (Fsp3) is 0.909. The van der Waals surface area contributed by atoms with Crippen molar-refractivity contribution in [3.05, 3.63) is 0 Å². The van der Waals surface area contributed by atoms with Crippen molar-refractivity contribution in [3.63, 3.8) is 0 Å². The molecule has 4 nitrogen and oxygen atoms in total. The Morgan fingerprint density at radius 3 is 2.73 bits per heavy atom. The number of hydrogen-bond acceptors (Lipinski definition) is 3. The lowest BCUT2D eigenvalue weighted by molar-refractivity contribution is -0.121. The van der Waals surface area contributed by atoms with Gasteiger partial charge in [0, 0.05) is 19.0 Å². The summed E-state index contributed by atoms with van der Waals surface area (Å²) in [5.74, 6) is 4.97. The molecule has 0 saturated carbocycles. The Balaban J connectivity index is 2.29. The largest absolute Gasteiger partial charge is 0.300 e. The summed E-state index contributed by atoms with van der Waals surface area (Å²) in [6.45, 7) is 9.07. The van der Waals surface area contributed by atoms with Gasteiger partial charge in [0.25, 0.3) is 0 Å². The summed E-state index contributed by atoms with van der Waals surface area (Å²) < 4.78 is 0. The van der Waals surface area contributed by atoms with Gasteiger partial charge in [-0.15, -0.1) is 0 Å². The van der Waals surface area contributed by atoms with Crippen molar-refractivity contribution in [2.45, 2.75) is 46.1 Å². The summed E-state index contributed by atoms with van der Waals surface area (Å²) >= 11 is 0. The molecule has 1 rings (SSSR count). The zero-order valence-electron chi connectivity index (χ0n) is 10.0. The van der Waals surface area contributed by atoms with Gasteiger partial charge in [-0.1, -0.05) is 13.8 Å². The minimum absolute atomic E-state index is 0.0692. The van der Waals surface area contributed by atoms with Crippen molar-refractivity contribution in [2.24, 2.45) is 11.3 Å². The highest BCUT2D eigenvalue weighted by molar-refractivity contribution is 5.75. The molecular weight excluding hydrogens is 190 g/mol. The number of nitrogens with zero attached hydrogens (tertiary/aromatic N) is 1. The van der Waals surface area contributed by atoms with Crippen LogP contribution in [-0.4, -0.2) is 29.9 Å². The maximum Gasteiger partial charge on any atom is 0.233 e. The minimum Gasteiger partial charge on any atom is -0.300 e. The summed E-state index contributed by atoms with van der Waals surface area (Å²) in [6, 6.07) is 0.476. The molecular formula is C11H23N3O. The third-order valence-corrected chi connectivity index (χ3v) is 3.28. The summed E-state index contributed by atoms with van der Waals surface area (Å²) in [4.78, 5) is 13.5. The van der Waals surface area contributed by atoms with Crippen molar-refractivity contribution in [1.82, 2.24) is 10.3 Å². The second-order valence-corrected chi connectivity index (χ2v) is 5.34. The molecule has 1 aliphatic heterocycles. The summed E-state index contributed by atoms with van der Waals surface area (Å²) in [6.07, 6.45) is 2.66. The van der Waals surface area contributed by atoms with Gasteiger partial charge in [-0.3, -0.25) is 10.2 Å². The van der Waals surface area contributed by atoms with Crippen LogP contribution in [0.1, 0.15) is 40.0 Å². The van der Waals surface area contributed by atoms with E-state index in [4.69, 9.17) is 5.84 Å². The van der Waals surface area contributed by atoms with Crippen LogP contribution < -0.4 is 11.3 Å². The zero-order chi connectivity index (χ0) is 11.5. The Kier molecular flexibility index (Phi) is 4.11. The Morgan fingerprint density at radius 2 is 2.27 bits per heavy atom. The first-order chi connectivity index (χ1) is 6.94. The minimum atomic E-state index is -0.0692. The Bertz CT molecular complexity index is 228. The summed E-state index contributed by atoms with van der Waals surface area (Å²) in [5.41, 5.74) is 2.60. The molecule has 1 atom stereocenters. The molecule has 0 aromatic carbocycles. The van der Waals surface area contributed by atoms with Gasteiger partial charge in [0.05, 0.1) is 0 Å². The molecule has 0 radical (unpaired) electrons. The van der Waals surface area contributed by atoms with Gasteiger partial charge in [-0.2, -0.15) is 0 Å². The van der Waals surface area contributed by atoms with E-state index in [1.165, 1.54) is 6.42 Å². The molecule has 0 aliphatic carbocycles. The molecule has 0 bridgehead atoms. The number of hydrogen-bond donors (Lipinski definition) is 2. The standard InChI is InChI=1S/C11H23N3O/c1-9(4-5-10(15)13-12)14-7-6-11(2,3)8-14/h9H,4-8,12H2,1-3H3,(H,13,15). The van der Waals surface area contributed by atoms with Gasteiger partial charge in [0.15, 0.2) is 0 Å². The van der Waals surface area contributed by atoms with Crippen LogP contribution in [-0.2, 0) is 4.79 Å². The van der Waals surface area contributed by atoms with Crippen LogP contribution in [0.15, 0.2) is 0 Å². The van der Waals surface area contributed by atoms with Gasteiger partial charge < -0.3 is 4.90 Å². The van der Waals surface area contributed by atoms with Crippen LogP contribution in [0.5, 0.6) is 0 Å². The fourth-order valence-corrected chi connectivity index (χ4v) is 2.13. The molecule has 1 heterocycles. The van der Waals surface area contributed by atoms with E-state index in [0.717, 1.165) is 19.5 Å². The topological polar surface area (TPSA) is 58.4 Å². The molecule has 0 aromatic heterocycles. The number of nitrogens with one attached hydrogen (secondary N) is 1. The number of carbonyl (C=O) groups is 1. The molecule has 1 saturated heterocycles. The highest BCUT2D eigenvalue weighted by Crippen LogP contribution is 2.30. The number of amides is 1. The molecule has 1 fully saturated rings. The van der Waals surface area contributed by atoms with Crippen LogP contribution in [0, 0.1) is 5.41 Å². The van der Waals surface area contributed by atoms with E-state index in [2.05, 4.69) is 31.1 Å². The van der Waals surface area contributed by atoms with E-state index in [0.29, 0.717) is 17.9 Å². The predicted octanol–water partition coefficient (Wildman–Crippen LogP) is 0.877. The number of hydrazine groups is 1. The van der Waals surface area contributed by atoms with E-state index in [1.807, 2.05) is 0 Å². The lowest BCUT2D eigenvalue weighted by Gasteiger charge is -2.25. The highest BCUT2D eigenvalue weighted by Gasteiger charge is 2.31. The summed E-state index contributed by atoms with van der Waals surface area (Å²) in [5, 5.41) is 0. The van der Waals surface area contributed by atoms with Crippen LogP contribution in [0.4, 0.5) is 0 Å². The molecule has 1 aliphatic rings. The van der Waals surface area contributed by atoms with Gasteiger partial charge in [-0.25, -0.2) is 5.84 Å². The maximum absolute atomic E-state index is 11.0. The average molecular weight is 213 g/mol. The van der Waals surface area contributed by atoms with Crippen molar-refractivity contribution >= 4 is 5.91 Å². The third-order valence-electron chi connectivity index (χ3n) is 3.28. The third kappa shape index (κ3) is 3.80. The lowest BCUT2D eigenvalue weighted by atomic mass is 9.93. The molecule has 1 unspecified atom stereocenters. The molecule has 3 N–H and O–H groups in total.